The highest BCUT2D eigenvalue weighted by Gasteiger charge is 2.11. The summed E-state index contributed by atoms with van der Waals surface area (Å²) in [5.41, 5.74) is 2.06. The van der Waals surface area contributed by atoms with Gasteiger partial charge in [0.1, 0.15) is 0 Å². The highest BCUT2D eigenvalue weighted by atomic mass is 16.1. The monoisotopic (exact) mass is 223 g/mol. The highest BCUT2D eigenvalue weighted by Crippen LogP contribution is 2.16. The van der Waals surface area contributed by atoms with Crippen LogP contribution in [0.2, 0.25) is 0 Å². The van der Waals surface area contributed by atoms with Crippen molar-refractivity contribution in [1.82, 2.24) is 15.0 Å². The summed E-state index contributed by atoms with van der Waals surface area (Å²) < 4.78 is 0. The van der Waals surface area contributed by atoms with Crippen LogP contribution in [0.1, 0.15) is 16.1 Å². The van der Waals surface area contributed by atoms with Gasteiger partial charge in [-0.3, -0.25) is 14.8 Å². The van der Waals surface area contributed by atoms with E-state index in [0.29, 0.717) is 11.3 Å². The van der Waals surface area contributed by atoms with E-state index in [2.05, 4.69) is 15.0 Å². The largest absolute Gasteiger partial charge is 0.351 e. The zero-order valence-electron chi connectivity index (χ0n) is 8.92. The van der Waals surface area contributed by atoms with Gasteiger partial charge in [0, 0.05) is 29.5 Å². The molecule has 0 amide bonds. The summed E-state index contributed by atoms with van der Waals surface area (Å²) in [5.74, 6) is -0.0383. The fourth-order valence-electron chi connectivity index (χ4n) is 1.75. The maximum Gasteiger partial charge on any atom is 0.209 e. The van der Waals surface area contributed by atoms with Crippen LogP contribution in [0.25, 0.3) is 10.9 Å². The Bertz CT molecular complexity index is 640. The minimum Gasteiger partial charge on any atom is -0.351 e. The van der Waals surface area contributed by atoms with Crippen molar-refractivity contribution in [2.75, 3.05) is 0 Å². The second-order valence-corrected chi connectivity index (χ2v) is 3.71. The van der Waals surface area contributed by atoms with Crippen molar-refractivity contribution in [3.05, 3.63) is 60.3 Å². The summed E-state index contributed by atoms with van der Waals surface area (Å²) in [6.07, 6.45) is 6.63. The quantitative estimate of drug-likeness (QED) is 0.677. The number of H-pyrrole nitrogens is 1. The summed E-state index contributed by atoms with van der Waals surface area (Å²) in [6.45, 7) is 0. The van der Waals surface area contributed by atoms with Crippen molar-refractivity contribution < 1.29 is 4.79 Å². The Morgan fingerprint density at radius 1 is 1.06 bits per heavy atom. The number of ketones is 1. The third kappa shape index (κ3) is 1.69. The molecule has 0 aliphatic rings. The number of rotatable bonds is 2. The molecule has 0 aliphatic heterocycles. The standard InChI is InChI=1S/C13H9N3O/c17-13(9-1-4-14-5-2-9)11-7-10-3-6-15-8-12(10)16-11/h1-8,16H. The van der Waals surface area contributed by atoms with Crippen LogP contribution in [0.15, 0.2) is 49.1 Å². The molecule has 0 unspecified atom stereocenters. The first-order chi connectivity index (χ1) is 8.34. The summed E-state index contributed by atoms with van der Waals surface area (Å²) in [7, 11) is 0. The van der Waals surface area contributed by atoms with Crippen LogP contribution in [0, 0.1) is 0 Å². The Balaban J connectivity index is 2.07. The van der Waals surface area contributed by atoms with Crippen LogP contribution in [-0.4, -0.2) is 20.7 Å². The van der Waals surface area contributed by atoms with Gasteiger partial charge in [-0.05, 0) is 24.3 Å². The van der Waals surface area contributed by atoms with Gasteiger partial charge in [-0.15, -0.1) is 0 Å². The maximum absolute atomic E-state index is 12.1. The topological polar surface area (TPSA) is 58.6 Å². The number of carbonyl (C=O) groups excluding carboxylic acids is 1. The molecule has 3 aromatic heterocycles. The zero-order chi connectivity index (χ0) is 11.7. The fourth-order valence-corrected chi connectivity index (χ4v) is 1.75. The second-order valence-electron chi connectivity index (χ2n) is 3.71. The number of hydrogen-bond donors (Lipinski definition) is 1. The van der Waals surface area contributed by atoms with Gasteiger partial charge >= 0.3 is 0 Å². The van der Waals surface area contributed by atoms with Crippen molar-refractivity contribution in [2.45, 2.75) is 0 Å². The van der Waals surface area contributed by atoms with Crippen molar-refractivity contribution in [3.8, 4) is 0 Å². The van der Waals surface area contributed by atoms with E-state index >= 15 is 0 Å². The molecular formula is C13H9N3O. The molecule has 0 bridgehead atoms. The molecule has 3 rings (SSSR count). The number of nitrogens with one attached hydrogen (secondary N) is 1. The maximum atomic E-state index is 12.1. The van der Waals surface area contributed by atoms with Crippen molar-refractivity contribution >= 4 is 16.7 Å². The first-order valence-electron chi connectivity index (χ1n) is 5.22. The van der Waals surface area contributed by atoms with E-state index in [1.165, 1.54) is 0 Å². The Morgan fingerprint density at radius 2 is 1.82 bits per heavy atom. The number of aromatic nitrogens is 3. The van der Waals surface area contributed by atoms with Crippen LogP contribution in [0.4, 0.5) is 0 Å². The van der Waals surface area contributed by atoms with Crippen molar-refractivity contribution in [2.24, 2.45) is 0 Å². The van der Waals surface area contributed by atoms with Gasteiger partial charge in [-0.2, -0.15) is 0 Å². The third-order valence-corrected chi connectivity index (χ3v) is 2.61. The molecule has 0 atom stereocenters. The van der Waals surface area contributed by atoms with Gasteiger partial charge in [0.05, 0.1) is 17.4 Å². The minimum atomic E-state index is -0.0383. The van der Waals surface area contributed by atoms with Crippen LogP contribution in [-0.2, 0) is 0 Å². The molecule has 3 heterocycles. The molecule has 0 saturated carbocycles. The number of aromatic amines is 1. The van der Waals surface area contributed by atoms with E-state index in [9.17, 15) is 4.79 Å². The molecule has 3 aromatic rings. The van der Waals surface area contributed by atoms with E-state index in [0.717, 1.165) is 10.9 Å². The Kier molecular flexibility index (Phi) is 2.19. The van der Waals surface area contributed by atoms with Gasteiger partial charge in [0.2, 0.25) is 5.78 Å². The van der Waals surface area contributed by atoms with E-state index in [-0.39, 0.29) is 5.78 Å². The predicted molar refractivity (Wildman–Crippen MR) is 63.8 cm³/mol. The minimum absolute atomic E-state index is 0.0383. The van der Waals surface area contributed by atoms with Crippen LogP contribution in [0.5, 0.6) is 0 Å². The molecule has 0 saturated heterocycles. The Morgan fingerprint density at radius 3 is 2.59 bits per heavy atom. The third-order valence-electron chi connectivity index (χ3n) is 2.61. The van der Waals surface area contributed by atoms with Gasteiger partial charge in [0.15, 0.2) is 0 Å². The molecule has 82 valence electrons. The van der Waals surface area contributed by atoms with E-state index in [1.54, 1.807) is 36.9 Å². The lowest BCUT2D eigenvalue weighted by Crippen LogP contribution is -2.01. The summed E-state index contributed by atoms with van der Waals surface area (Å²) in [4.78, 5) is 23.1. The number of hydrogen-bond acceptors (Lipinski definition) is 3. The summed E-state index contributed by atoms with van der Waals surface area (Å²) in [5, 5.41) is 0.984. The molecule has 1 N–H and O–H groups in total. The molecule has 0 aliphatic carbocycles. The Labute approximate surface area is 97.3 Å². The first kappa shape index (κ1) is 9.72. The smallest absolute Gasteiger partial charge is 0.209 e. The normalized spacial score (nSPS) is 10.6. The molecule has 4 nitrogen and oxygen atoms in total. The fraction of sp³-hybridized carbons (Fsp3) is 0. The van der Waals surface area contributed by atoms with Gasteiger partial charge < -0.3 is 4.98 Å². The second kappa shape index (κ2) is 3.83. The molecule has 0 fully saturated rings. The van der Waals surface area contributed by atoms with Crippen LogP contribution in [0.3, 0.4) is 0 Å². The lowest BCUT2D eigenvalue weighted by molar-refractivity contribution is 0.103. The van der Waals surface area contributed by atoms with Gasteiger partial charge in [0.25, 0.3) is 0 Å². The summed E-state index contributed by atoms with van der Waals surface area (Å²) in [6, 6.07) is 7.10. The SMILES string of the molecule is O=C(c1ccncc1)c1cc2ccncc2[nH]1. The molecule has 4 heteroatoms. The molecule has 0 spiro atoms. The number of carbonyl (C=O) groups is 1. The lowest BCUT2D eigenvalue weighted by Gasteiger charge is -1.96. The van der Waals surface area contributed by atoms with E-state index < -0.39 is 0 Å². The molecule has 0 aromatic carbocycles. The van der Waals surface area contributed by atoms with Gasteiger partial charge in [-0.1, -0.05) is 0 Å². The molecular weight excluding hydrogens is 214 g/mol. The highest BCUT2D eigenvalue weighted by molar-refractivity contribution is 6.09. The zero-order valence-corrected chi connectivity index (χ0v) is 8.92. The first-order valence-corrected chi connectivity index (χ1v) is 5.22. The predicted octanol–water partition coefficient (Wildman–Crippen LogP) is 2.19. The van der Waals surface area contributed by atoms with Crippen LogP contribution < -0.4 is 0 Å². The molecule has 0 radical (unpaired) electrons. The number of fused-ring (bicyclic) bond motifs is 1. The molecule has 17 heavy (non-hydrogen) atoms. The van der Waals surface area contributed by atoms with E-state index in [4.69, 9.17) is 0 Å². The van der Waals surface area contributed by atoms with Crippen molar-refractivity contribution in [1.29, 1.82) is 0 Å². The Hall–Kier alpha value is -2.49. The summed E-state index contributed by atoms with van der Waals surface area (Å²) >= 11 is 0. The average Bonchev–Trinajstić information content (AvgIpc) is 2.82. The van der Waals surface area contributed by atoms with Crippen molar-refractivity contribution in [3.63, 3.8) is 0 Å². The average molecular weight is 223 g/mol. The van der Waals surface area contributed by atoms with Gasteiger partial charge in [-0.25, -0.2) is 0 Å². The lowest BCUT2D eigenvalue weighted by atomic mass is 10.1. The number of pyridine rings is 2. The number of nitrogens with zero attached hydrogens (tertiary/aromatic N) is 2. The van der Waals surface area contributed by atoms with E-state index in [1.807, 2.05) is 12.1 Å². The van der Waals surface area contributed by atoms with Crippen LogP contribution >= 0.6 is 0 Å².